The van der Waals surface area contributed by atoms with Crippen LogP contribution in [0.15, 0.2) is 24.3 Å². The summed E-state index contributed by atoms with van der Waals surface area (Å²) in [6.45, 7) is 12.2. The quantitative estimate of drug-likeness (QED) is 0.715. The minimum absolute atomic E-state index is 0.201. The van der Waals surface area contributed by atoms with Crippen LogP contribution in [0.4, 0.5) is 8.78 Å². The third-order valence-corrected chi connectivity index (χ3v) is 6.01. The van der Waals surface area contributed by atoms with E-state index in [1.165, 1.54) is 19.3 Å². The molecule has 0 radical (unpaired) electrons. The molecular formula is C24H39F2N3O2. The van der Waals surface area contributed by atoms with Crippen molar-refractivity contribution in [1.82, 2.24) is 9.80 Å². The van der Waals surface area contributed by atoms with Gasteiger partial charge in [-0.15, -0.1) is 0 Å². The first-order valence-corrected chi connectivity index (χ1v) is 11.4. The lowest BCUT2D eigenvalue weighted by Crippen LogP contribution is -2.52. The number of nitrogens with zero attached hydrogens (tertiary/aromatic N) is 2. The van der Waals surface area contributed by atoms with Crippen molar-refractivity contribution in [3.8, 4) is 0 Å². The SMILES string of the molecule is CC(C)C.Fc1ccc(F)cc1.NC1COCC(N2CCC3(CCN(C=O)C3)CC2)C1. The molecule has 1 spiro atoms. The summed E-state index contributed by atoms with van der Waals surface area (Å²) in [6, 6.07) is 5.02. The first-order valence-electron chi connectivity index (χ1n) is 11.4. The second kappa shape index (κ2) is 12.5. The van der Waals surface area contributed by atoms with Gasteiger partial charge in [-0.1, -0.05) is 20.8 Å². The fourth-order valence-electron chi connectivity index (χ4n) is 4.36. The molecule has 7 heteroatoms. The molecule has 176 valence electrons. The molecule has 2 unspecified atom stereocenters. The lowest BCUT2D eigenvalue weighted by Gasteiger charge is -2.44. The van der Waals surface area contributed by atoms with Gasteiger partial charge in [-0.2, -0.15) is 0 Å². The predicted octanol–water partition coefficient (Wildman–Crippen LogP) is 3.67. The first kappa shape index (κ1) is 25.7. The van der Waals surface area contributed by atoms with Crippen LogP contribution < -0.4 is 5.73 Å². The van der Waals surface area contributed by atoms with Crippen molar-refractivity contribution in [2.75, 3.05) is 39.4 Å². The van der Waals surface area contributed by atoms with Gasteiger partial charge in [0.25, 0.3) is 0 Å². The summed E-state index contributed by atoms with van der Waals surface area (Å²) < 4.78 is 29.4. The van der Waals surface area contributed by atoms with Gasteiger partial charge >= 0.3 is 0 Å². The van der Waals surface area contributed by atoms with Gasteiger partial charge in [0, 0.05) is 25.2 Å². The smallest absolute Gasteiger partial charge is 0.209 e. The number of amides is 1. The Labute approximate surface area is 185 Å². The second-order valence-corrected chi connectivity index (χ2v) is 9.72. The average Bonchev–Trinajstić information content (AvgIpc) is 3.14. The van der Waals surface area contributed by atoms with Crippen LogP contribution in [-0.2, 0) is 9.53 Å². The molecule has 3 heterocycles. The summed E-state index contributed by atoms with van der Waals surface area (Å²) in [7, 11) is 0. The molecule has 3 aliphatic rings. The van der Waals surface area contributed by atoms with Crippen LogP contribution in [-0.4, -0.2) is 67.7 Å². The first-order chi connectivity index (χ1) is 14.7. The van der Waals surface area contributed by atoms with Gasteiger partial charge in [0.1, 0.15) is 11.6 Å². The molecule has 5 nitrogen and oxygen atoms in total. The Balaban J connectivity index is 0.000000236. The van der Waals surface area contributed by atoms with Crippen LogP contribution in [0.2, 0.25) is 0 Å². The molecule has 2 N–H and O–H groups in total. The van der Waals surface area contributed by atoms with E-state index in [0.29, 0.717) is 18.1 Å². The third kappa shape index (κ3) is 8.83. The molecule has 0 bridgehead atoms. The van der Waals surface area contributed by atoms with E-state index in [1.807, 2.05) is 4.90 Å². The molecule has 3 saturated heterocycles. The number of nitrogens with two attached hydrogens (primary N) is 1. The maximum absolute atomic E-state index is 11.9. The van der Waals surface area contributed by atoms with E-state index in [9.17, 15) is 13.6 Å². The molecule has 3 fully saturated rings. The monoisotopic (exact) mass is 439 g/mol. The lowest BCUT2D eigenvalue weighted by molar-refractivity contribution is -0.117. The summed E-state index contributed by atoms with van der Waals surface area (Å²) in [5.41, 5.74) is 6.38. The van der Waals surface area contributed by atoms with Gasteiger partial charge in [0.2, 0.25) is 6.41 Å². The van der Waals surface area contributed by atoms with E-state index in [2.05, 4.69) is 25.7 Å². The van der Waals surface area contributed by atoms with Crippen LogP contribution >= 0.6 is 0 Å². The zero-order valence-electron chi connectivity index (χ0n) is 19.2. The Morgan fingerprint density at radius 2 is 1.55 bits per heavy atom. The zero-order chi connectivity index (χ0) is 22.9. The second-order valence-electron chi connectivity index (χ2n) is 9.72. The Morgan fingerprint density at radius 3 is 2.00 bits per heavy atom. The number of ether oxygens (including phenoxy) is 1. The molecule has 0 saturated carbocycles. The highest BCUT2D eigenvalue weighted by Gasteiger charge is 2.41. The minimum Gasteiger partial charge on any atom is -0.378 e. The van der Waals surface area contributed by atoms with E-state index < -0.39 is 11.6 Å². The van der Waals surface area contributed by atoms with Crippen molar-refractivity contribution in [2.45, 2.75) is 58.5 Å². The highest BCUT2D eigenvalue weighted by Crippen LogP contribution is 2.40. The molecule has 0 aliphatic carbocycles. The van der Waals surface area contributed by atoms with Crippen molar-refractivity contribution in [2.24, 2.45) is 17.1 Å². The Kier molecular flexibility index (Phi) is 10.3. The lowest BCUT2D eigenvalue weighted by atomic mass is 9.77. The Hall–Kier alpha value is -1.57. The number of hydrogen-bond acceptors (Lipinski definition) is 4. The Morgan fingerprint density at radius 1 is 1.03 bits per heavy atom. The summed E-state index contributed by atoms with van der Waals surface area (Å²) in [5.74, 6) is 0.0119. The Bertz CT molecular complexity index is 625. The normalized spacial score (nSPS) is 25.5. The maximum atomic E-state index is 11.9. The van der Waals surface area contributed by atoms with E-state index >= 15 is 0 Å². The number of halogens is 2. The fourth-order valence-corrected chi connectivity index (χ4v) is 4.36. The number of hydrogen-bond donors (Lipinski definition) is 1. The molecule has 1 amide bonds. The van der Waals surface area contributed by atoms with Gasteiger partial charge in [-0.05, 0) is 74.4 Å². The number of carbonyl (C=O) groups is 1. The summed E-state index contributed by atoms with van der Waals surface area (Å²) in [6.07, 6.45) is 5.68. The topological polar surface area (TPSA) is 58.8 Å². The summed E-state index contributed by atoms with van der Waals surface area (Å²) >= 11 is 0. The fraction of sp³-hybridized carbons (Fsp3) is 0.708. The van der Waals surface area contributed by atoms with Gasteiger partial charge < -0.3 is 15.4 Å². The highest BCUT2D eigenvalue weighted by molar-refractivity contribution is 5.47. The third-order valence-electron chi connectivity index (χ3n) is 6.01. The van der Waals surface area contributed by atoms with Crippen LogP contribution in [0.1, 0.15) is 46.5 Å². The molecular weight excluding hydrogens is 400 g/mol. The van der Waals surface area contributed by atoms with Gasteiger partial charge in [0.05, 0.1) is 13.2 Å². The van der Waals surface area contributed by atoms with Crippen LogP contribution in [0.5, 0.6) is 0 Å². The van der Waals surface area contributed by atoms with Crippen molar-refractivity contribution in [3.63, 3.8) is 0 Å². The van der Waals surface area contributed by atoms with E-state index in [4.69, 9.17) is 10.5 Å². The minimum atomic E-state index is -0.411. The molecule has 2 atom stereocenters. The van der Waals surface area contributed by atoms with Crippen LogP contribution in [0, 0.1) is 23.0 Å². The van der Waals surface area contributed by atoms with Gasteiger partial charge in [-0.3, -0.25) is 9.69 Å². The van der Waals surface area contributed by atoms with Crippen LogP contribution in [0.3, 0.4) is 0 Å². The van der Waals surface area contributed by atoms with Crippen molar-refractivity contribution in [3.05, 3.63) is 35.9 Å². The molecule has 1 aromatic carbocycles. The number of piperidine rings is 1. The van der Waals surface area contributed by atoms with E-state index in [1.54, 1.807) is 0 Å². The molecule has 0 aromatic heterocycles. The van der Waals surface area contributed by atoms with E-state index in [-0.39, 0.29) is 6.04 Å². The predicted molar refractivity (Wildman–Crippen MR) is 120 cm³/mol. The van der Waals surface area contributed by atoms with Gasteiger partial charge in [0.15, 0.2) is 0 Å². The number of carbonyl (C=O) groups excluding carboxylic acids is 1. The zero-order valence-corrected chi connectivity index (χ0v) is 19.2. The number of likely N-dealkylation sites (tertiary alicyclic amines) is 2. The van der Waals surface area contributed by atoms with Gasteiger partial charge in [-0.25, -0.2) is 8.78 Å². The number of benzene rings is 1. The number of rotatable bonds is 2. The maximum Gasteiger partial charge on any atom is 0.209 e. The van der Waals surface area contributed by atoms with Crippen molar-refractivity contribution in [1.29, 1.82) is 0 Å². The standard InChI is InChI=1S/C14H25N3O2.C6H4F2.C4H10/c15-12-7-13(9-19-8-12)17-5-2-14(3-6-17)1-4-16(10-14)11-18;7-5-1-2-6(8)4-3-5;1-4(2)3/h11-13H,1-10,15H2;1-4H;4H,1-3H3. The molecule has 3 aliphatic heterocycles. The summed E-state index contributed by atoms with van der Waals surface area (Å²) in [4.78, 5) is 15.4. The van der Waals surface area contributed by atoms with Crippen molar-refractivity contribution < 1.29 is 18.3 Å². The van der Waals surface area contributed by atoms with Crippen molar-refractivity contribution >= 4 is 6.41 Å². The molecule has 4 rings (SSSR count). The molecule has 31 heavy (non-hydrogen) atoms. The highest BCUT2D eigenvalue weighted by atomic mass is 19.1. The largest absolute Gasteiger partial charge is 0.378 e. The summed E-state index contributed by atoms with van der Waals surface area (Å²) in [5, 5.41) is 0. The molecule has 1 aromatic rings. The van der Waals surface area contributed by atoms with E-state index in [0.717, 1.165) is 75.8 Å². The van der Waals surface area contributed by atoms with Crippen LogP contribution in [0.25, 0.3) is 0 Å². The average molecular weight is 440 g/mol.